The van der Waals surface area contributed by atoms with Crippen molar-refractivity contribution < 1.29 is 13.2 Å². The summed E-state index contributed by atoms with van der Waals surface area (Å²) in [5.74, 6) is 1.11. The molecule has 8 heteroatoms. The molecular formula is C17H22N4O3S. The van der Waals surface area contributed by atoms with Gasteiger partial charge in [-0.2, -0.15) is 0 Å². The minimum atomic E-state index is -3.81. The molecule has 25 heavy (non-hydrogen) atoms. The fourth-order valence-electron chi connectivity index (χ4n) is 2.93. The van der Waals surface area contributed by atoms with E-state index in [9.17, 15) is 8.42 Å². The van der Waals surface area contributed by atoms with E-state index in [0.29, 0.717) is 11.9 Å². The first-order chi connectivity index (χ1) is 12.0. The van der Waals surface area contributed by atoms with Crippen LogP contribution in [0.1, 0.15) is 31.2 Å². The second kappa shape index (κ2) is 7.26. The van der Waals surface area contributed by atoms with Gasteiger partial charge in [0.1, 0.15) is 16.5 Å². The molecule has 1 aliphatic carbocycles. The van der Waals surface area contributed by atoms with Crippen molar-refractivity contribution in [2.45, 2.75) is 43.5 Å². The summed E-state index contributed by atoms with van der Waals surface area (Å²) < 4.78 is 32.8. The summed E-state index contributed by atoms with van der Waals surface area (Å²) in [4.78, 5) is 0.0740. The zero-order chi connectivity index (χ0) is 17.9. The van der Waals surface area contributed by atoms with Gasteiger partial charge in [0, 0.05) is 6.04 Å². The Labute approximate surface area is 147 Å². The van der Waals surface area contributed by atoms with Crippen LogP contribution < -0.4 is 14.8 Å². The standard InChI is InChI=1S/C17H22N4O3S/c1-12-7-8-14(24-2)15(11-12)25(22,23)21-17-10-9-16(19-20-17)18-13-5-3-4-6-13/h7-11,13H,3-6H2,1-2H3,(H,18,19)(H,20,21). The molecule has 0 unspecified atom stereocenters. The van der Waals surface area contributed by atoms with Crippen LogP contribution in [0.3, 0.4) is 0 Å². The van der Waals surface area contributed by atoms with E-state index in [1.165, 1.54) is 20.0 Å². The second-order valence-electron chi connectivity index (χ2n) is 6.19. The highest BCUT2D eigenvalue weighted by molar-refractivity contribution is 7.92. The number of sulfonamides is 1. The molecule has 0 radical (unpaired) electrons. The summed E-state index contributed by atoms with van der Waals surface area (Å²) in [5.41, 5.74) is 0.823. The average molecular weight is 362 g/mol. The summed E-state index contributed by atoms with van der Waals surface area (Å²) in [7, 11) is -2.37. The van der Waals surface area contributed by atoms with Gasteiger partial charge < -0.3 is 10.1 Å². The number of rotatable bonds is 6. The smallest absolute Gasteiger partial charge is 0.266 e. The SMILES string of the molecule is COc1ccc(C)cc1S(=O)(=O)Nc1ccc(NC2CCCC2)nn1. The van der Waals surface area contributed by atoms with E-state index in [-0.39, 0.29) is 16.5 Å². The lowest BCUT2D eigenvalue weighted by Crippen LogP contribution is -2.17. The van der Waals surface area contributed by atoms with Gasteiger partial charge in [0.2, 0.25) is 0 Å². The Morgan fingerprint density at radius 1 is 1.08 bits per heavy atom. The maximum Gasteiger partial charge on any atom is 0.266 e. The maximum absolute atomic E-state index is 12.6. The summed E-state index contributed by atoms with van der Waals surface area (Å²) in [6.45, 7) is 1.82. The first-order valence-electron chi connectivity index (χ1n) is 8.26. The Hall–Kier alpha value is -2.35. The van der Waals surface area contributed by atoms with Crippen molar-refractivity contribution in [2.75, 3.05) is 17.1 Å². The number of nitrogens with one attached hydrogen (secondary N) is 2. The number of ether oxygens (including phenoxy) is 1. The third kappa shape index (κ3) is 4.19. The number of hydrogen-bond donors (Lipinski definition) is 2. The van der Waals surface area contributed by atoms with Gasteiger partial charge in [-0.25, -0.2) is 8.42 Å². The first-order valence-corrected chi connectivity index (χ1v) is 9.74. The number of nitrogens with zero attached hydrogens (tertiary/aromatic N) is 2. The number of aryl methyl sites for hydroxylation is 1. The largest absolute Gasteiger partial charge is 0.495 e. The van der Waals surface area contributed by atoms with E-state index in [1.807, 2.05) is 6.92 Å². The van der Waals surface area contributed by atoms with E-state index >= 15 is 0 Å². The molecule has 1 fully saturated rings. The Balaban J connectivity index is 1.75. The molecule has 1 aliphatic rings. The van der Waals surface area contributed by atoms with Crippen molar-refractivity contribution in [1.82, 2.24) is 10.2 Å². The van der Waals surface area contributed by atoms with Crippen LogP contribution >= 0.6 is 0 Å². The van der Waals surface area contributed by atoms with E-state index < -0.39 is 10.0 Å². The summed E-state index contributed by atoms with van der Waals surface area (Å²) in [6, 6.07) is 8.74. The summed E-state index contributed by atoms with van der Waals surface area (Å²) in [5, 5.41) is 11.3. The monoisotopic (exact) mass is 362 g/mol. The van der Waals surface area contributed by atoms with Gasteiger partial charge in [0.05, 0.1) is 7.11 Å². The normalized spacial score (nSPS) is 15.1. The maximum atomic E-state index is 12.6. The van der Waals surface area contributed by atoms with E-state index in [1.54, 1.807) is 30.3 Å². The number of hydrogen-bond acceptors (Lipinski definition) is 6. The molecule has 7 nitrogen and oxygen atoms in total. The van der Waals surface area contributed by atoms with Crippen LogP contribution in [0.25, 0.3) is 0 Å². The molecule has 2 N–H and O–H groups in total. The van der Waals surface area contributed by atoms with Crippen molar-refractivity contribution in [3.8, 4) is 5.75 Å². The fraction of sp³-hybridized carbons (Fsp3) is 0.412. The Morgan fingerprint density at radius 3 is 2.40 bits per heavy atom. The number of benzene rings is 1. The lowest BCUT2D eigenvalue weighted by Gasteiger charge is -2.13. The van der Waals surface area contributed by atoms with E-state index in [2.05, 4.69) is 20.2 Å². The van der Waals surface area contributed by atoms with Crippen LogP contribution in [-0.2, 0) is 10.0 Å². The van der Waals surface area contributed by atoms with Gasteiger partial charge in [-0.1, -0.05) is 18.9 Å². The first kappa shape index (κ1) is 17.5. The van der Waals surface area contributed by atoms with Gasteiger partial charge in [0.15, 0.2) is 5.82 Å². The summed E-state index contributed by atoms with van der Waals surface area (Å²) >= 11 is 0. The topological polar surface area (TPSA) is 93.2 Å². The predicted octanol–water partition coefficient (Wildman–Crippen LogP) is 2.95. The van der Waals surface area contributed by atoms with Crippen LogP contribution in [0.5, 0.6) is 5.75 Å². The highest BCUT2D eigenvalue weighted by Gasteiger charge is 2.21. The molecule has 1 heterocycles. The molecule has 1 aromatic heterocycles. The van der Waals surface area contributed by atoms with Crippen LogP contribution in [0.15, 0.2) is 35.2 Å². The van der Waals surface area contributed by atoms with Crippen molar-refractivity contribution in [2.24, 2.45) is 0 Å². The van der Waals surface area contributed by atoms with Crippen LogP contribution in [0.4, 0.5) is 11.6 Å². The number of anilines is 2. The van der Waals surface area contributed by atoms with Crippen molar-refractivity contribution in [3.05, 3.63) is 35.9 Å². The fourth-order valence-corrected chi connectivity index (χ4v) is 4.18. The minimum Gasteiger partial charge on any atom is -0.495 e. The van der Waals surface area contributed by atoms with Crippen LogP contribution in [0.2, 0.25) is 0 Å². The zero-order valence-electron chi connectivity index (χ0n) is 14.3. The highest BCUT2D eigenvalue weighted by atomic mass is 32.2. The Kier molecular flexibility index (Phi) is 5.08. The molecule has 1 aromatic carbocycles. The van der Waals surface area contributed by atoms with Crippen molar-refractivity contribution in [3.63, 3.8) is 0 Å². The highest BCUT2D eigenvalue weighted by Crippen LogP contribution is 2.26. The van der Waals surface area contributed by atoms with Gasteiger partial charge >= 0.3 is 0 Å². The molecule has 3 rings (SSSR count). The predicted molar refractivity (Wildman–Crippen MR) is 96.5 cm³/mol. The molecule has 1 saturated carbocycles. The molecule has 0 atom stereocenters. The molecule has 0 aliphatic heterocycles. The van der Waals surface area contributed by atoms with E-state index in [0.717, 1.165) is 18.4 Å². The lowest BCUT2D eigenvalue weighted by molar-refractivity contribution is 0.402. The zero-order valence-corrected chi connectivity index (χ0v) is 15.1. The lowest BCUT2D eigenvalue weighted by atomic mass is 10.2. The summed E-state index contributed by atoms with van der Waals surface area (Å²) in [6.07, 6.45) is 4.70. The van der Waals surface area contributed by atoms with E-state index in [4.69, 9.17) is 4.74 Å². The Morgan fingerprint density at radius 2 is 1.76 bits per heavy atom. The van der Waals surface area contributed by atoms with Crippen molar-refractivity contribution in [1.29, 1.82) is 0 Å². The third-order valence-electron chi connectivity index (χ3n) is 4.22. The second-order valence-corrected chi connectivity index (χ2v) is 7.84. The van der Waals surface area contributed by atoms with Crippen LogP contribution in [0, 0.1) is 6.92 Å². The van der Waals surface area contributed by atoms with Gasteiger partial charge in [-0.15, -0.1) is 10.2 Å². The van der Waals surface area contributed by atoms with Gasteiger partial charge in [0.25, 0.3) is 10.0 Å². The third-order valence-corrected chi connectivity index (χ3v) is 5.60. The molecule has 0 bridgehead atoms. The molecular weight excluding hydrogens is 340 g/mol. The molecule has 0 amide bonds. The molecule has 2 aromatic rings. The molecule has 0 spiro atoms. The van der Waals surface area contributed by atoms with Gasteiger partial charge in [-0.3, -0.25) is 4.72 Å². The average Bonchev–Trinajstić information content (AvgIpc) is 3.09. The molecule has 134 valence electrons. The van der Waals surface area contributed by atoms with Crippen LogP contribution in [-0.4, -0.2) is 31.8 Å². The molecule has 0 saturated heterocycles. The van der Waals surface area contributed by atoms with Gasteiger partial charge in [-0.05, 0) is 49.6 Å². The number of methoxy groups -OCH3 is 1. The quantitative estimate of drug-likeness (QED) is 0.821. The Bertz CT molecular complexity index is 831. The van der Waals surface area contributed by atoms with Crippen molar-refractivity contribution >= 4 is 21.7 Å². The number of aromatic nitrogens is 2. The minimum absolute atomic E-state index is 0.0740.